The summed E-state index contributed by atoms with van der Waals surface area (Å²) in [6, 6.07) is 19.1. The zero-order valence-corrected chi connectivity index (χ0v) is 12.9. The number of ether oxygens (including phenoxy) is 1. The largest absolute Gasteiger partial charge is 0.452 e. The first kappa shape index (κ1) is 16.0. The standard InChI is InChI=1S/C19H20O3/c1-3-17(20)14(2)19(21)22-18(15-10-6-4-7-11-15)16-12-8-5-9-13-16/h4-14,18H,3H2,1-2H3/t14-/m0/s1. The minimum absolute atomic E-state index is 0.107. The lowest BCUT2D eigenvalue weighted by Gasteiger charge is -2.20. The maximum Gasteiger partial charge on any atom is 0.317 e. The number of rotatable bonds is 6. The molecule has 22 heavy (non-hydrogen) atoms. The molecule has 2 aromatic carbocycles. The molecule has 0 amide bonds. The first-order valence-electron chi connectivity index (χ1n) is 7.46. The first-order chi connectivity index (χ1) is 10.6. The summed E-state index contributed by atoms with van der Waals surface area (Å²) in [6.45, 7) is 3.35. The number of carbonyl (C=O) groups is 2. The molecule has 114 valence electrons. The molecule has 1 atom stereocenters. The minimum atomic E-state index is -0.736. The van der Waals surface area contributed by atoms with Crippen LogP contribution in [-0.4, -0.2) is 11.8 Å². The van der Waals surface area contributed by atoms with Crippen molar-refractivity contribution >= 4 is 11.8 Å². The van der Waals surface area contributed by atoms with Crippen molar-refractivity contribution in [3.63, 3.8) is 0 Å². The highest BCUT2D eigenvalue weighted by molar-refractivity contribution is 5.98. The van der Waals surface area contributed by atoms with Gasteiger partial charge in [-0.1, -0.05) is 67.6 Å². The number of ketones is 1. The SMILES string of the molecule is CCC(=O)[C@H](C)C(=O)OC(c1ccccc1)c1ccccc1. The summed E-state index contributed by atoms with van der Waals surface area (Å²) in [7, 11) is 0. The van der Waals surface area contributed by atoms with Crippen molar-refractivity contribution in [1.29, 1.82) is 0 Å². The van der Waals surface area contributed by atoms with Crippen molar-refractivity contribution in [3.05, 3.63) is 71.8 Å². The third-order valence-corrected chi connectivity index (χ3v) is 3.62. The number of Topliss-reactive ketones (excluding diaryl/α,β-unsaturated/α-hetero) is 1. The van der Waals surface area contributed by atoms with Gasteiger partial charge in [-0.2, -0.15) is 0 Å². The number of hydrogen-bond acceptors (Lipinski definition) is 3. The molecule has 0 aliphatic carbocycles. The van der Waals surface area contributed by atoms with Crippen molar-refractivity contribution in [2.24, 2.45) is 5.92 Å². The number of hydrogen-bond donors (Lipinski definition) is 0. The third-order valence-electron chi connectivity index (χ3n) is 3.62. The van der Waals surface area contributed by atoms with Crippen LogP contribution in [0.5, 0.6) is 0 Å². The van der Waals surface area contributed by atoms with Gasteiger partial charge in [-0.15, -0.1) is 0 Å². The van der Waals surface area contributed by atoms with E-state index in [2.05, 4.69) is 0 Å². The summed E-state index contributed by atoms with van der Waals surface area (Å²) in [6.07, 6.45) is -0.167. The van der Waals surface area contributed by atoms with Crippen LogP contribution in [-0.2, 0) is 14.3 Å². The molecule has 0 fully saturated rings. The molecule has 2 rings (SSSR count). The van der Waals surface area contributed by atoms with Crippen LogP contribution in [0.1, 0.15) is 37.5 Å². The minimum Gasteiger partial charge on any atom is -0.452 e. The van der Waals surface area contributed by atoms with E-state index in [1.807, 2.05) is 60.7 Å². The van der Waals surface area contributed by atoms with Crippen molar-refractivity contribution in [2.75, 3.05) is 0 Å². The van der Waals surface area contributed by atoms with Crippen LogP contribution in [0.2, 0.25) is 0 Å². The molecule has 0 saturated carbocycles. The zero-order valence-electron chi connectivity index (χ0n) is 12.9. The molecule has 0 N–H and O–H groups in total. The first-order valence-corrected chi connectivity index (χ1v) is 7.46. The lowest BCUT2D eigenvalue weighted by atomic mass is 10.0. The van der Waals surface area contributed by atoms with Gasteiger partial charge in [0.15, 0.2) is 6.10 Å². The van der Waals surface area contributed by atoms with E-state index in [1.165, 1.54) is 0 Å². The zero-order chi connectivity index (χ0) is 15.9. The second-order valence-corrected chi connectivity index (χ2v) is 5.18. The highest BCUT2D eigenvalue weighted by atomic mass is 16.5. The second-order valence-electron chi connectivity index (χ2n) is 5.18. The molecule has 0 radical (unpaired) electrons. The topological polar surface area (TPSA) is 43.4 Å². The van der Waals surface area contributed by atoms with E-state index in [4.69, 9.17) is 4.74 Å². The number of carbonyl (C=O) groups excluding carboxylic acids is 2. The van der Waals surface area contributed by atoms with E-state index < -0.39 is 18.0 Å². The number of esters is 1. The molecule has 0 bridgehead atoms. The molecule has 0 spiro atoms. The average Bonchev–Trinajstić information content (AvgIpc) is 2.59. The van der Waals surface area contributed by atoms with Gasteiger partial charge in [0.05, 0.1) is 0 Å². The lowest BCUT2D eigenvalue weighted by molar-refractivity contribution is -0.154. The molecule has 0 heterocycles. The maximum atomic E-state index is 12.3. The highest BCUT2D eigenvalue weighted by Crippen LogP contribution is 2.27. The summed E-state index contributed by atoms with van der Waals surface area (Å²) < 4.78 is 5.65. The van der Waals surface area contributed by atoms with Crippen molar-refractivity contribution in [1.82, 2.24) is 0 Å². The summed E-state index contributed by atoms with van der Waals surface area (Å²) in [5, 5.41) is 0. The third kappa shape index (κ3) is 3.82. The van der Waals surface area contributed by atoms with Crippen LogP contribution >= 0.6 is 0 Å². The fourth-order valence-corrected chi connectivity index (χ4v) is 2.24. The van der Waals surface area contributed by atoms with Crippen LogP contribution in [0.25, 0.3) is 0 Å². The monoisotopic (exact) mass is 296 g/mol. The van der Waals surface area contributed by atoms with E-state index >= 15 is 0 Å². The van der Waals surface area contributed by atoms with Crippen molar-refractivity contribution < 1.29 is 14.3 Å². The molecule has 3 heteroatoms. The van der Waals surface area contributed by atoms with Crippen LogP contribution in [0, 0.1) is 5.92 Å². The molecular weight excluding hydrogens is 276 g/mol. The van der Waals surface area contributed by atoms with E-state index in [0.29, 0.717) is 6.42 Å². The van der Waals surface area contributed by atoms with Gasteiger partial charge in [-0.25, -0.2) is 0 Å². The van der Waals surface area contributed by atoms with Crippen LogP contribution in [0.3, 0.4) is 0 Å². The Labute approximate surface area is 130 Å². The lowest BCUT2D eigenvalue weighted by Crippen LogP contribution is -2.25. The van der Waals surface area contributed by atoms with Gasteiger partial charge in [0.25, 0.3) is 0 Å². The summed E-state index contributed by atoms with van der Waals surface area (Å²) in [5.41, 5.74) is 1.77. The Morgan fingerprint density at radius 1 is 0.909 bits per heavy atom. The van der Waals surface area contributed by atoms with Crippen LogP contribution in [0.15, 0.2) is 60.7 Å². The Morgan fingerprint density at radius 2 is 1.36 bits per heavy atom. The van der Waals surface area contributed by atoms with Crippen molar-refractivity contribution in [2.45, 2.75) is 26.4 Å². The van der Waals surface area contributed by atoms with Gasteiger partial charge >= 0.3 is 5.97 Å². The Bertz CT molecular complexity index is 580. The molecule has 0 aromatic heterocycles. The summed E-state index contributed by atoms with van der Waals surface area (Å²) in [5.74, 6) is -1.32. The van der Waals surface area contributed by atoms with E-state index in [1.54, 1.807) is 13.8 Å². The highest BCUT2D eigenvalue weighted by Gasteiger charge is 2.26. The Balaban J connectivity index is 2.27. The molecule has 3 nitrogen and oxygen atoms in total. The van der Waals surface area contributed by atoms with E-state index in [-0.39, 0.29) is 5.78 Å². The molecule has 0 unspecified atom stereocenters. The van der Waals surface area contributed by atoms with Crippen LogP contribution < -0.4 is 0 Å². The van der Waals surface area contributed by atoms with Crippen molar-refractivity contribution in [3.8, 4) is 0 Å². The van der Waals surface area contributed by atoms with Gasteiger partial charge in [0.2, 0.25) is 0 Å². The van der Waals surface area contributed by atoms with Gasteiger partial charge in [0, 0.05) is 6.42 Å². The van der Waals surface area contributed by atoms with Gasteiger partial charge < -0.3 is 4.74 Å². The van der Waals surface area contributed by atoms with Gasteiger partial charge in [-0.3, -0.25) is 9.59 Å². The predicted molar refractivity (Wildman–Crippen MR) is 85.3 cm³/mol. The Hall–Kier alpha value is -2.42. The predicted octanol–water partition coefficient (Wildman–Crippen LogP) is 3.93. The Morgan fingerprint density at radius 3 is 1.77 bits per heavy atom. The summed E-state index contributed by atoms with van der Waals surface area (Å²) in [4.78, 5) is 24.0. The molecule has 0 saturated heterocycles. The quantitative estimate of drug-likeness (QED) is 0.599. The van der Waals surface area contributed by atoms with Gasteiger partial charge in [-0.05, 0) is 18.1 Å². The van der Waals surface area contributed by atoms with E-state index in [9.17, 15) is 9.59 Å². The number of benzene rings is 2. The molecule has 2 aromatic rings. The molecule has 0 aliphatic rings. The molecule has 0 aliphatic heterocycles. The average molecular weight is 296 g/mol. The summed E-state index contributed by atoms with van der Waals surface area (Å²) >= 11 is 0. The Kier molecular flexibility index (Phi) is 5.48. The second kappa shape index (κ2) is 7.55. The fraction of sp³-hybridized carbons (Fsp3) is 0.263. The van der Waals surface area contributed by atoms with E-state index in [0.717, 1.165) is 11.1 Å². The maximum absolute atomic E-state index is 12.3. The smallest absolute Gasteiger partial charge is 0.317 e. The van der Waals surface area contributed by atoms with Gasteiger partial charge in [0.1, 0.15) is 11.7 Å². The van der Waals surface area contributed by atoms with Crippen LogP contribution in [0.4, 0.5) is 0 Å². The molecular formula is C19H20O3. The fourth-order valence-electron chi connectivity index (χ4n) is 2.24. The normalized spacial score (nSPS) is 12.0.